The lowest BCUT2D eigenvalue weighted by Gasteiger charge is -2.23. The summed E-state index contributed by atoms with van der Waals surface area (Å²) >= 11 is 12.0. The first-order valence-electron chi connectivity index (χ1n) is 10.2. The van der Waals surface area contributed by atoms with Crippen molar-refractivity contribution in [2.45, 2.75) is 32.7 Å². The molecule has 1 unspecified atom stereocenters. The van der Waals surface area contributed by atoms with E-state index >= 15 is 0 Å². The fourth-order valence-electron chi connectivity index (χ4n) is 3.90. The number of hydrogen-bond acceptors (Lipinski definition) is 4. The molecule has 1 aliphatic heterocycles. The van der Waals surface area contributed by atoms with Gasteiger partial charge in [-0.15, -0.1) is 0 Å². The summed E-state index contributed by atoms with van der Waals surface area (Å²) in [7, 11) is -3.41. The molecule has 3 rings (SSSR count). The van der Waals surface area contributed by atoms with Crippen LogP contribution in [-0.4, -0.2) is 50.5 Å². The Balaban J connectivity index is 1.78. The minimum atomic E-state index is -3.41. The SMILES string of the molecule is CCCN(CC(=O)Nc1ccc(Cl)cc1Cl)C(=O)c1ccc2c(c1)CC(C)N2S(C)(=O)=O. The van der Waals surface area contributed by atoms with Crippen molar-refractivity contribution in [2.24, 2.45) is 0 Å². The Morgan fingerprint density at radius 2 is 1.91 bits per heavy atom. The molecule has 172 valence electrons. The third kappa shape index (κ3) is 5.36. The number of nitrogens with zero attached hydrogens (tertiary/aromatic N) is 2. The number of hydrogen-bond donors (Lipinski definition) is 1. The number of fused-ring (bicyclic) bond motifs is 1. The van der Waals surface area contributed by atoms with E-state index in [-0.39, 0.29) is 24.4 Å². The highest BCUT2D eigenvalue weighted by Crippen LogP contribution is 2.35. The molecule has 10 heteroatoms. The quantitative estimate of drug-likeness (QED) is 0.620. The number of nitrogens with one attached hydrogen (secondary N) is 1. The van der Waals surface area contributed by atoms with Gasteiger partial charge in [0.15, 0.2) is 0 Å². The van der Waals surface area contributed by atoms with Crippen LogP contribution in [0, 0.1) is 0 Å². The Morgan fingerprint density at radius 1 is 1.19 bits per heavy atom. The van der Waals surface area contributed by atoms with Crippen molar-refractivity contribution in [2.75, 3.05) is 29.0 Å². The number of halogens is 2. The molecule has 0 bridgehead atoms. The average Bonchev–Trinajstić information content (AvgIpc) is 3.04. The maximum atomic E-state index is 13.2. The van der Waals surface area contributed by atoms with Crippen molar-refractivity contribution < 1.29 is 18.0 Å². The van der Waals surface area contributed by atoms with Gasteiger partial charge >= 0.3 is 0 Å². The molecule has 2 amide bonds. The molecule has 1 atom stereocenters. The Kier molecular flexibility index (Phi) is 7.37. The maximum absolute atomic E-state index is 13.2. The summed E-state index contributed by atoms with van der Waals surface area (Å²) in [5.41, 5.74) is 2.21. The molecule has 0 saturated carbocycles. The van der Waals surface area contributed by atoms with E-state index in [9.17, 15) is 18.0 Å². The van der Waals surface area contributed by atoms with Gasteiger partial charge in [-0.2, -0.15) is 0 Å². The van der Waals surface area contributed by atoms with Gasteiger partial charge in [-0.25, -0.2) is 8.42 Å². The van der Waals surface area contributed by atoms with E-state index in [1.54, 1.807) is 30.3 Å². The number of benzene rings is 2. The number of sulfonamides is 1. The summed E-state index contributed by atoms with van der Waals surface area (Å²) in [6, 6.07) is 9.51. The summed E-state index contributed by atoms with van der Waals surface area (Å²) in [4.78, 5) is 27.2. The van der Waals surface area contributed by atoms with Crippen molar-refractivity contribution in [3.05, 3.63) is 57.6 Å². The Morgan fingerprint density at radius 3 is 2.53 bits per heavy atom. The highest BCUT2D eigenvalue weighted by molar-refractivity contribution is 7.92. The second-order valence-electron chi connectivity index (χ2n) is 7.85. The topological polar surface area (TPSA) is 86.8 Å². The second-order valence-corrected chi connectivity index (χ2v) is 10.6. The predicted molar refractivity (Wildman–Crippen MR) is 128 cm³/mol. The summed E-state index contributed by atoms with van der Waals surface area (Å²) in [6.07, 6.45) is 2.36. The average molecular weight is 498 g/mol. The van der Waals surface area contributed by atoms with Gasteiger partial charge in [0.05, 0.1) is 22.7 Å². The lowest BCUT2D eigenvalue weighted by Crippen LogP contribution is -2.38. The lowest BCUT2D eigenvalue weighted by molar-refractivity contribution is -0.116. The lowest BCUT2D eigenvalue weighted by atomic mass is 10.1. The van der Waals surface area contributed by atoms with Gasteiger partial charge in [0, 0.05) is 23.2 Å². The van der Waals surface area contributed by atoms with Crippen LogP contribution in [-0.2, 0) is 21.2 Å². The zero-order valence-corrected chi connectivity index (χ0v) is 20.4. The largest absolute Gasteiger partial charge is 0.329 e. The molecule has 2 aromatic rings. The maximum Gasteiger partial charge on any atom is 0.254 e. The molecule has 1 aliphatic rings. The Bertz CT molecular complexity index is 1150. The summed E-state index contributed by atoms with van der Waals surface area (Å²) < 4.78 is 25.6. The molecule has 0 fully saturated rings. The van der Waals surface area contributed by atoms with Gasteiger partial charge in [-0.05, 0) is 61.7 Å². The molecular weight excluding hydrogens is 473 g/mol. The first-order chi connectivity index (χ1) is 15.0. The fourth-order valence-corrected chi connectivity index (χ4v) is 5.62. The van der Waals surface area contributed by atoms with Gasteiger partial charge in [0.25, 0.3) is 5.91 Å². The van der Waals surface area contributed by atoms with Crippen LogP contribution in [0.25, 0.3) is 0 Å². The molecule has 0 radical (unpaired) electrons. The van der Waals surface area contributed by atoms with E-state index in [2.05, 4.69) is 5.32 Å². The minimum Gasteiger partial charge on any atom is -0.329 e. The van der Waals surface area contributed by atoms with E-state index in [0.29, 0.717) is 46.4 Å². The molecule has 1 N–H and O–H groups in total. The van der Waals surface area contributed by atoms with Crippen LogP contribution in [0.3, 0.4) is 0 Å². The fraction of sp³-hybridized carbons (Fsp3) is 0.364. The van der Waals surface area contributed by atoms with Crippen LogP contribution in [0.4, 0.5) is 11.4 Å². The molecule has 0 aromatic heterocycles. The summed E-state index contributed by atoms with van der Waals surface area (Å²) in [5, 5.41) is 3.47. The number of anilines is 2. The van der Waals surface area contributed by atoms with E-state index in [1.807, 2.05) is 13.8 Å². The van der Waals surface area contributed by atoms with Crippen molar-refractivity contribution in [1.82, 2.24) is 4.90 Å². The van der Waals surface area contributed by atoms with E-state index in [4.69, 9.17) is 23.2 Å². The van der Waals surface area contributed by atoms with Crippen molar-refractivity contribution in [3.8, 4) is 0 Å². The molecule has 0 aliphatic carbocycles. The minimum absolute atomic E-state index is 0.144. The number of amides is 2. The zero-order chi connectivity index (χ0) is 23.6. The van der Waals surface area contributed by atoms with Gasteiger partial charge in [-0.1, -0.05) is 30.1 Å². The predicted octanol–water partition coefficient (Wildman–Crippen LogP) is 4.19. The first kappa shape index (κ1) is 24.4. The van der Waals surface area contributed by atoms with Crippen LogP contribution in [0.2, 0.25) is 10.0 Å². The van der Waals surface area contributed by atoms with Crippen LogP contribution < -0.4 is 9.62 Å². The summed E-state index contributed by atoms with van der Waals surface area (Å²) in [6.45, 7) is 4.00. The smallest absolute Gasteiger partial charge is 0.254 e. The Hall–Kier alpha value is -2.29. The third-order valence-corrected chi connectivity index (χ3v) is 6.98. The molecule has 0 saturated heterocycles. The number of rotatable bonds is 7. The van der Waals surface area contributed by atoms with E-state index in [1.165, 1.54) is 21.5 Å². The van der Waals surface area contributed by atoms with Gasteiger partial charge in [0.2, 0.25) is 15.9 Å². The van der Waals surface area contributed by atoms with Crippen LogP contribution in [0.5, 0.6) is 0 Å². The molecule has 7 nitrogen and oxygen atoms in total. The van der Waals surface area contributed by atoms with Crippen LogP contribution in [0.1, 0.15) is 36.2 Å². The standard InChI is InChI=1S/C22H25Cl2N3O4S/c1-4-9-26(13-21(28)25-19-7-6-17(23)12-18(19)24)22(29)15-5-8-20-16(11-15)10-14(2)27(20)32(3,30)31/h5-8,11-12,14H,4,9-10,13H2,1-3H3,(H,25,28). The molecule has 1 heterocycles. The first-order valence-corrected chi connectivity index (χ1v) is 12.8. The summed E-state index contributed by atoms with van der Waals surface area (Å²) in [5.74, 6) is -0.675. The normalized spacial score (nSPS) is 15.4. The zero-order valence-electron chi connectivity index (χ0n) is 18.1. The molecule has 0 spiro atoms. The van der Waals surface area contributed by atoms with Gasteiger partial charge < -0.3 is 10.2 Å². The van der Waals surface area contributed by atoms with Crippen LogP contribution >= 0.6 is 23.2 Å². The molecular formula is C22H25Cl2N3O4S. The highest BCUT2D eigenvalue weighted by Gasteiger charge is 2.33. The van der Waals surface area contributed by atoms with Gasteiger partial charge in [0.1, 0.15) is 6.54 Å². The Labute approximate surface area is 198 Å². The monoisotopic (exact) mass is 497 g/mol. The van der Waals surface area contributed by atoms with Crippen molar-refractivity contribution in [1.29, 1.82) is 0 Å². The van der Waals surface area contributed by atoms with Gasteiger partial charge in [-0.3, -0.25) is 13.9 Å². The molecule has 2 aromatic carbocycles. The van der Waals surface area contributed by atoms with E-state index in [0.717, 1.165) is 5.56 Å². The van der Waals surface area contributed by atoms with Crippen molar-refractivity contribution >= 4 is 56.4 Å². The third-order valence-electron chi connectivity index (χ3n) is 5.16. The molecule has 32 heavy (non-hydrogen) atoms. The van der Waals surface area contributed by atoms with Crippen LogP contribution in [0.15, 0.2) is 36.4 Å². The highest BCUT2D eigenvalue weighted by atomic mass is 35.5. The number of carbonyl (C=O) groups is 2. The number of carbonyl (C=O) groups excluding carboxylic acids is 2. The van der Waals surface area contributed by atoms with Crippen molar-refractivity contribution in [3.63, 3.8) is 0 Å². The van der Waals surface area contributed by atoms with E-state index < -0.39 is 10.0 Å². The second kappa shape index (κ2) is 9.68.